The lowest BCUT2D eigenvalue weighted by molar-refractivity contribution is 0.107. The predicted octanol–water partition coefficient (Wildman–Crippen LogP) is 5.28. The Morgan fingerprint density at radius 2 is 2.09 bits per heavy atom. The van der Waals surface area contributed by atoms with Crippen molar-refractivity contribution in [3.05, 3.63) is 47.4 Å². The number of rotatable bonds is 7. The highest BCUT2D eigenvalue weighted by molar-refractivity contribution is 6.04. The van der Waals surface area contributed by atoms with Gasteiger partial charge in [-0.3, -0.25) is 9.88 Å². The number of phenolic OH excluding ortho intramolecular Hbond substituents is 1. The summed E-state index contributed by atoms with van der Waals surface area (Å²) >= 11 is 0. The van der Waals surface area contributed by atoms with E-state index >= 15 is 4.39 Å². The highest BCUT2D eigenvalue weighted by atomic mass is 19.1. The third-order valence-electron chi connectivity index (χ3n) is 9.66. The Morgan fingerprint density at radius 3 is 2.89 bits per heavy atom. The number of ether oxygens (including phenoxy) is 1. The molecule has 0 bridgehead atoms. The third-order valence-corrected chi connectivity index (χ3v) is 9.66. The van der Waals surface area contributed by atoms with Crippen molar-refractivity contribution in [2.75, 3.05) is 44.2 Å². The van der Waals surface area contributed by atoms with E-state index in [1.165, 1.54) is 24.3 Å². The van der Waals surface area contributed by atoms with E-state index in [0.29, 0.717) is 59.1 Å². The van der Waals surface area contributed by atoms with Gasteiger partial charge in [-0.05, 0) is 49.4 Å². The van der Waals surface area contributed by atoms with Gasteiger partial charge in [0.1, 0.15) is 36.8 Å². The fourth-order valence-corrected chi connectivity index (χ4v) is 7.46. The van der Waals surface area contributed by atoms with Crippen molar-refractivity contribution in [1.29, 1.82) is 0 Å². The molecule has 2 aromatic heterocycles. The molecular formula is C34H35F3N6O2. The average molecular weight is 617 g/mol. The van der Waals surface area contributed by atoms with Gasteiger partial charge in [0.15, 0.2) is 0 Å². The number of halogens is 3. The van der Waals surface area contributed by atoms with E-state index in [1.807, 2.05) is 0 Å². The molecule has 0 saturated carbocycles. The van der Waals surface area contributed by atoms with Crippen molar-refractivity contribution in [3.8, 4) is 35.4 Å². The molecule has 3 saturated heterocycles. The van der Waals surface area contributed by atoms with Gasteiger partial charge in [-0.25, -0.2) is 13.2 Å². The molecule has 3 aliphatic rings. The molecule has 4 aromatic rings. The van der Waals surface area contributed by atoms with Gasteiger partial charge < -0.3 is 20.1 Å². The van der Waals surface area contributed by atoms with E-state index in [2.05, 4.69) is 32.9 Å². The molecule has 45 heavy (non-hydrogen) atoms. The van der Waals surface area contributed by atoms with Crippen LogP contribution in [-0.4, -0.2) is 82.0 Å². The molecule has 3 aliphatic heterocycles. The number of aromatic hydroxyl groups is 1. The Hall–Kier alpha value is -4.14. The van der Waals surface area contributed by atoms with Crippen molar-refractivity contribution in [2.24, 2.45) is 0 Å². The van der Waals surface area contributed by atoms with Gasteiger partial charge in [0.2, 0.25) is 0 Å². The summed E-state index contributed by atoms with van der Waals surface area (Å²) < 4.78 is 50.9. The smallest absolute Gasteiger partial charge is 0.319 e. The zero-order valence-corrected chi connectivity index (χ0v) is 25.1. The summed E-state index contributed by atoms with van der Waals surface area (Å²) in [4.78, 5) is 18.5. The molecule has 0 aliphatic carbocycles. The fourth-order valence-electron chi connectivity index (χ4n) is 7.46. The molecule has 3 atom stereocenters. The Morgan fingerprint density at radius 1 is 1.22 bits per heavy atom. The first-order valence-electron chi connectivity index (χ1n) is 15.5. The molecule has 7 rings (SSSR count). The summed E-state index contributed by atoms with van der Waals surface area (Å²) in [6.45, 7) is 4.69. The SMILES string of the molecule is C#Cc1c(F)ccc2cc(O)cc(-c3ncc4c(N5CCN[C@H](CC)C5)nc(OC[C@]56CCCN5C[C@@H](F)C6)nc4c3CF)c12. The van der Waals surface area contributed by atoms with E-state index < -0.39 is 24.2 Å². The van der Waals surface area contributed by atoms with Crippen LogP contribution in [0.5, 0.6) is 11.8 Å². The van der Waals surface area contributed by atoms with Crippen LogP contribution in [-0.2, 0) is 6.67 Å². The molecule has 234 valence electrons. The van der Waals surface area contributed by atoms with Gasteiger partial charge >= 0.3 is 6.01 Å². The number of phenols is 1. The van der Waals surface area contributed by atoms with Gasteiger partial charge in [0.25, 0.3) is 0 Å². The zero-order chi connectivity index (χ0) is 31.3. The molecule has 0 unspecified atom stereocenters. The van der Waals surface area contributed by atoms with Crippen LogP contribution in [0, 0.1) is 18.2 Å². The number of anilines is 1. The number of benzene rings is 2. The van der Waals surface area contributed by atoms with Crippen LogP contribution in [0.1, 0.15) is 43.7 Å². The molecule has 0 spiro atoms. The van der Waals surface area contributed by atoms with Gasteiger partial charge in [0, 0.05) is 61.4 Å². The Balaban J connectivity index is 1.40. The van der Waals surface area contributed by atoms with Crippen LogP contribution in [0.2, 0.25) is 0 Å². The minimum atomic E-state index is -0.951. The largest absolute Gasteiger partial charge is 0.508 e. The first kappa shape index (κ1) is 29.6. The maximum Gasteiger partial charge on any atom is 0.319 e. The highest BCUT2D eigenvalue weighted by Crippen LogP contribution is 2.42. The highest BCUT2D eigenvalue weighted by Gasteiger charge is 2.49. The summed E-state index contributed by atoms with van der Waals surface area (Å²) in [7, 11) is 0. The fraction of sp³-hybridized carbons (Fsp3) is 0.441. The second kappa shape index (κ2) is 11.7. The van der Waals surface area contributed by atoms with Gasteiger partial charge in [-0.1, -0.05) is 18.9 Å². The Bertz CT molecular complexity index is 1830. The van der Waals surface area contributed by atoms with Gasteiger partial charge in [0.05, 0.1) is 27.7 Å². The summed E-state index contributed by atoms with van der Waals surface area (Å²) in [6, 6.07) is 5.97. The lowest BCUT2D eigenvalue weighted by atomic mass is 9.94. The molecule has 0 radical (unpaired) electrons. The van der Waals surface area contributed by atoms with Crippen LogP contribution >= 0.6 is 0 Å². The second-order valence-corrected chi connectivity index (χ2v) is 12.3. The Kier molecular flexibility index (Phi) is 7.66. The average Bonchev–Trinajstić information content (AvgIpc) is 3.58. The number of alkyl halides is 2. The van der Waals surface area contributed by atoms with Crippen LogP contribution in [0.25, 0.3) is 32.9 Å². The number of terminal acetylenes is 1. The monoisotopic (exact) mass is 616 g/mol. The van der Waals surface area contributed by atoms with Crippen LogP contribution in [0.15, 0.2) is 30.5 Å². The molecule has 0 amide bonds. The molecule has 11 heteroatoms. The summed E-state index contributed by atoms with van der Waals surface area (Å²) in [5.41, 5.74) is 0.516. The zero-order valence-electron chi connectivity index (χ0n) is 25.1. The standard InChI is InChI=1S/C34H35F3N6O2/c1-3-22-18-42(11-9-38-22)32-27-16-39-30(25-13-23(44)12-20-6-7-28(37)24(4-2)29(20)25)26(15-35)31(27)40-33(41-32)45-19-34-8-5-10-43(34)17-21(36)14-34/h2,6-7,12-13,16,21-22,38,44H,3,5,8-11,14-15,17-19H2,1H3/t21-,22+,34+/m0/s1. The van der Waals surface area contributed by atoms with Crippen molar-refractivity contribution < 1.29 is 23.0 Å². The van der Waals surface area contributed by atoms with E-state index in [-0.39, 0.29) is 41.2 Å². The number of hydrogen-bond acceptors (Lipinski definition) is 8. The number of aromatic nitrogens is 3. The minimum absolute atomic E-state index is 0.00358. The van der Waals surface area contributed by atoms with Crippen molar-refractivity contribution in [3.63, 3.8) is 0 Å². The van der Waals surface area contributed by atoms with Crippen LogP contribution in [0.4, 0.5) is 19.0 Å². The van der Waals surface area contributed by atoms with Crippen LogP contribution in [0.3, 0.4) is 0 Å². The van der Waals surface area contributed by atoms with Gasteiger partial charge in [-0.2, -0.15) is 9.97 Å². The molecule has 2 N–H and O–H groups in total. The first-order valence-corrected chi connectivity index (χ1v) is 15.5. The lowest BCUT2D eigenvalue weighted by Gasteiger charge is -2.35. The van der Waals surface area contributed by atoms with E-state index in [1.54, 1.807) is 6.20 Å². The quantitative estimate of drug-likeness (QED) is 0.271. The van der Waals surface area contributed by atoms with E-state index in [9.17, 15) is 13.9 Å². The normalized spacial score (nSPS) is 23.5. The molecule has 2 aromatic carbocycles. The number of pyridine rings is 1. The predicted molar refractivity (Wildman–Crippen MR) is 167 cm³/mol. The van der Waals surface area contributed by atoms with Crippen molar-refractivity contribution in [2.45, 2.75) is 57.0 Å². The van der Waals surface area contributed by atoms with E-state index in [4.69, 9.17) is 21.1 Å². The summed E-state index contributed by atoms with van der Waals surface area (Å²) in [6.07, 6.45) is 9.51. The maximum atomic E-state index is 15.2. The maximum absolute atomic E-state index is 15.2. The van der Waals surface area contributed by atoms with E-state index in [0.717, 1.165) is 32.4 Å². The lowest BCUT2D eigenvalue weighted by Crippen LogP contribution is -2.50. The molecule has 8 nitrogen and oxygen atoms in total. The summed E-state index contributed by atoms with van der Waals surface area (Å²) in [5, 5.41) is 15.5. The summed E-state index contributed by atoms with van der Waals surface area (Å²) in [5.74, 6) is 2.29. The minimum Gasteiger partial charge on any atom is -0.508 e. The Labute approximate surface area is 259 Å². The second-order valence-electron chi connectivity index (χ2n) is 12.3. The van der Waals surface area contributed by atoms with Gasteiger partial charge in [-0.15, -0.1) is 6.42 Å². The first-order chi connectivity index (χ1) is 21.8. The number of piperazine rings is 1. The number of nitrogens with one attached hydrogen (secondary N) is 1. The topological polar surface area (TPSA) is 86.6 Å². The van der Waals surface area contributed by atoms with Crippen LogP contribution < -0.4 is 15.0 Å². The van der Waals surface area contributed by atoms with Crippen molar-refractivity contribution in [1.82, 2.24) is 25.2 Å². The molecule has 3 fully saturated rings. The van der Waals surface area contributed by atoms with Crippen molar-refractivity contribution >= 4 is 27.5 Å². The molecule has 5 heterocycles. The third kappa shape index (κ3) is 5.10. The number of fused-ring (bicyclic) bond motifs is 3. The number of hydrogen-bond donors (Lipinski definition) is 2. The molecular weight excluding hydrogens is 581 g/mol. The number of nitrogens with zero attached hydrogens (tertiary/aromatic N) is 5.